The minimum Gasteiger partial charge on any atom is -0.393 e. The summed E-state index contributed by atoms with van der Waals surface area (Å²) in [5.41, 5.74) is 0.855. The van der Waals surface area contributed by atoms with E-state index >= 15 is 0 Å². The number of fused-ring (bicyclic) bond motifs is 5. The second kappa shape index (κ2) is 11.9. The summed E-state index contributed by atoms with van der Waals surface area (Å²) in [5.74, 6) is 2.14. The van der Waals surface area contributed by atoms with Crippen molar-refractivity contribution in [3.8, 4) is 0 Å². The Balaban J connectivity index is 1.25. The monoisotopic (exact) mass is 590 g/mol. The molecule has 5 rings (SSSR count). The zero-order valence-electron chi connectivity index (χ0n) is 25.0. The highest BCUT2D eigenvalue weighted by Crippen LogP contribution is 2.68. The van der Waals surface area contributed by atoms with Gasteiger partial charge in [-0.15, -0.1) is 0 Å². The summed E-state index contributed by atoms with van der Waals surface area (Å²) in [7, 11) is -4.19. The molecule has 4 fully saturated rings. The summed E-state index contributed by atoms with van der Waals surface area (Å²) in [6.07, 6.45) is 12.0. The van der Waals surface area contributed by atoms with Crippen LogP contribution in [0.1, 0.15) is 90.5 Å². The maximum atomic E-state index is 13.4. The standard InChI is InChI=1S/C32H50N2O6S/c1-21(6-11-30(37)34(15-16-41(38,39)40)20-22-5-4-14-33-19-22)26-9-10-27-25-8-7-23-17-24(35)12-13-31(23,2)28(25)18-29(36)32(26,27)3/h4-5,14,19,21,23-29,35-36H,6-13,15-18,20H2,1-3H3,(H,38,39,40)/t21-,23-,24-,25+,26-,27+,28+,29+,31+,32-/m1/s1. The minimum atomic E-state index is -4.19. The summed E-state index contributed by atoms with van der Waals surface area (Å²) in [5, 5.41) is 22.2. The van der Waals surface area contributed by atoms with Crippen LogP contribution in [-0.4, -0.2) is 63.5 Å². The Labute approximate surface area is 246 Å². The van der Waals surface area contributed by atoms with Crippen molar-refractivity contribution in [1.29, 1.82) is 0 Å². The first-order valence-electron chi connectivity index (χ1n) is 15.8. The average Bonchev–Trinajstić information content (AvgIpc) is 3.29. The van der Waals surface area contributed by atoms with Gasteiger partial charge < -0.3 is 15.1 Å². The molecular weight excluding hydrogens is 540 g/mol. The Hall–Kier alpha value is -1.55. The van der Waals surface area contributed by atoms with E-state index in [0.29, 0.717) is 42.4 Å². The fourth-order valence-electron chi connectivity index (χ4n) is 10.1. The Morgan fingerprint density at radius 3 is 2.61 bits per heavy atom. The van der Waals surface area contributed by atoms with E-state index in [2.05, 4.69) is 25.8 Å². The molecule has 1 aromatic rings. The first-order valence-corrected chi connectivity index (χ1v) is 17.4. The quantitative estimate of drug-likeness (QED) is 0.356. The molecule has 8 nitrogen and oxygen atoms in total. The van der Waals surface area contributed by atoms with E-state index in [4.69, 9.17) is 0 Å². The lowest BCUT2D eigenvalue weighted by atomic mass is 9.43. The second-order valence-electron chi connectivity index (χ2n) is 14.4. The molecule has 9 heteroatoms. The number of hydrogen-bond acceptors (Lipinski definition) is 6. The van der Waals surface area contributed by atoms with Crippen LogP contribution in [0.3, 0.4) is 0 Å². The van der Waals surface area contributed by atoms with E-state index < -0.39 is 15.9 Å². The molecule has 1 heterocycles. The van der Waals surface area contributed by atoms with Gasteiger partial charge in [-0.05, 0) is 116 Å². The molecule has 3 N–H and O–H groups in total. The molecule has 4 aliphatic carbocycles. The molecule has 0 saturated heterocycles. The van der Waals surface area contributed by atoms with Crippen molar-refractivity contribution < 1.29 is 28.0 Å². The molecule has 4 aliphatic rings. The van der Waals surface area contributed by atoms with Crippen molar-refractivity contribution in [2.75, 3.05) is 12.3 Å². The SMILES string of the molecule is C[C@H](CCC(=O)N(CCS(=O)(=O)O)Cc1cccnc1)[C@H]1CC[C@H]2[C@@H]3CC[C@@H]4C[C@H](O)CC[C@]4(C)[C@H]3C[C@H](O)[C@]12C. The predicted octanol–water partition coefficient (Wildman–Crippen LogP) is 4.70. The Bertz CT molecular complexity index is 1180. The number of carbonyl (C=O) groups excluding carboxylic acids is 1. The van der Waals surface area contributed by atoms with Crippen molar-refractivity contribution in [3.05, 3.63) is 30.1 Å². The lowest BCUT2D eigenvalue weighted by molar-refractivity contribution is -0.175. The molecule has 0 aromatic carbocycles. The minimum absolute atomic E-state index is 0.0667. The first-order chi connectivity index (χ1) is 19.3. The molecule has 1 amide bonds. The zero-order chi connectivity index (χ0) is 29.6. The summed E-state index contributed by atoms with van der Waals surface area (Å²) >= 11 is 0. The number of pyridine rings is 1. The number of aliphatic hydroxyl groups excluding tert-OH is 2. The molecule has 0 radical (unpaired) electrons. The number of carbonyl (C=O) groups is 1. The number of aliphatic hydroxyl groups is 2. The maximum absolute atomic E-state index is 13.4. The van der Waals surface area contributed by atoms with E-state index in [1.165, 1.54) is 17.7 Å². The summed E-state index contributed by atoms with van der Waals surface area (Å²) in [6, 6.07) is 3.63. The summed E-state index contributed by atoms with van der Waals surface area (Å²) in [6.45, 7) is 7.15. The van der Waals surface area contributed by atoms with Crippen LogP contribution in [0.2, 0.25) is 0 Å². The third kappa shape index (κ3) is 6.11. The summed E-state index contributed by atoms with van der Waals surface area (Å²) < 4.78 is 32.2. The van der Waals surface area contributed by atoms with Crippen LogP contribution in [0.5, 0.6) is 0 Å². The zero-order valence-corrected chi connectivity index (χ0v) is 25.8. The van der Waals surface area contributed by atoms with Gasteiger partial charge in [0.1, 0.15) is 0 Å². The van der Waals surface area contributed by atoms with Crippen molar-refractivity contribution in [1.82, 2.24) is 9.88 Å². The Kier molecular flexibility index (Phi) is 8.93. The predicted molar refractivity (Wildman–Crippen MR) is 157 cm³/mol. The third-order valence-corrected chi connectivity index (χ3v) is 13.1. The van der Waals surface area contributed by atoms with Gasteiger partial charge in [-0.3, -0.25) is 14.3 Å². The molecule has 0 bridgehead atoms. The molecule has 1 aromatic heterocycles. The largest absolute Gasteiger partial charge is 0.393 e. The van der Waals surface area contributed by atoms with Crippen molar-refractivity contribution in [2.45, 2.75) is 104 Å². The molecule has 10 atom stereocenters. The lowest BCUT2D eigenvalue weighted by Crippen LogP contribution is -2.58. The lowest BCUT2D eigenvalue weighted by Gasteiger charge is -2.62. The van der Waals surface area contributed by atoms with Gasteiger partial charge in [0.05, 0.1) is 18.0 Å². The highest BCUT2D eigenvalue weighted by atomic mass is 32.2. The van der Waals surface area contributed by atoms with Crippen molar-refractivity contribution in [2.24, 2.45) is 46.3 Å². The molecule has 4 saturated carbocycles. The topological polar surface area (TPSA) is 128 Å². The normalized spacial score (nSPS) is 39.3. The molecule has 230 valence electrons. The number of hydrogen-bond donors (Lipinski definition) is 3. The second-order valence-corrected chi connectivity index (χ2v) is 15.9. The highest BCUT2D eigenvalue weighted by Gasteiger charge is 2.63. The smallest absolute Gasteiger partial charge is 0.266 e. The van der Waals surface area contributed by atoms with Gasteiger partial charge in [-0.2, -0.15) is 8.42 Å². The number of rotatable bonds is 9. The average molecular weight is 591 g/mol. The Morgan fingerprint density at radius 1 is 1.12 bits per heavy atom. The highest BCUT2D eigenvalue weighted by molar-refractivity contribution is 7.85. The van der Waals surface area contributed by atoms with Crippen LogP contribution in [0, 0.1) is 46.3 Å². The van der Waals surface area contributed by atoms with Crippen LogP contribution in [0.25, 0.3) is 0 Å². The van der Waals surface area contributed by atoms with Gasteiger partial charge in [-0.1, -0.05) is 26.8 Å². The van der Waals surface area contributed by atoms with Crippen LogP contribution in [0.15, 0.2) is 24.5 Å². The Morgan fingerprint density at radius 2 is 1.90 bits per heavy atom. The van der Waals surface area contributed by atoms with Crippen LogP contribution < -0.4 is 0 Å². The molecule has 0 unspecified atom stereocenters. The van der Waals surface area contributed by atoms with Crippen molar-refractivity contribution in [3.63, 3.8) is 0 Å². The van der Waals surface area contributed by atoms with Gasteiger partial charge in [0.2, 0.25) is 5.91 Å². The molecule has 41 heavy (non-hydrogen) atoms. The van der Waals surface area contributed by atoms with Crippen molar-refractivity contribution >= 4 is 16.0 Å². The van der Waals surface area contributed by atoms with Gasteiger partial charge >= 0.3 is 0 Å². The number of nitrogens with zero attached hydrogens (tertiary/aromatic N) is 2. The van der Waals surface area contributed by atoms with Crippen LogP contribution in [-0.2, 0) is 21.5 Å². The number of amides is 1. The molecular formula is C32H50N2O6S. The number of aromatic nitrogens is 1. The van der Waals surface area contributed by atoms with E-state index in [1.807, 2.05) is 6.07 Å². The fourth-order valence-corrected chi connectivity index (χ4v) is 10.6. The van der Waals surface area contributed by atoms with Gasteiger partial charge in [0, 0.05) is 31.9 Å². The van der Waals surface area contributed by atoms with E-state index in [0.717, 1.165) is 44.1 Å². The molecule has 0 aliphatic heterocycles. The van der Waals surface area contributed by atoms with E-state index in [1.54, 1.807) is 18.5 Å². The summed E-state index contributed by atoms with van der Waals surface area (Å²) in [4.78, 5) is 19.0. The first kappa shape index (κ1) is 30.9. The maximum Gasteiger partial charge on any atom is 0.266 e. The fraction of sp³-hybridized carbons (Fsp3) is 0.812. The van der Waals surface area contributed by atoms with Crippen LogP contribution >= 0.6 is 0 Å². The van der Waals surface area contributed by atoms with E-state index in [9.17, 15) is 28.0 Å². The van der Waals surface area contributed by atoms with Gasteiger partial charge in [0.15, 0.2) is 0 Å². The third-order valence-electron chi connectivity index (χ3n) is 12.4. The molecule has 0 spiro atoms. The van der Waals surface area contributed by atoms with Gasteiger partial charge in [-0.25, -0.2) is 0 Å². The van der Waals surface area contributed by atoms with Gasteiger partial charge in [0.25, 0.3) is 10.1 Å². The van der Waals surface area contributed by atoms with E-state index in [-0.39, 0.29) is 48.0 Å². The van der Waals surface area contributed by atoms with Crippen LogP contribution in [0.4, 0.5) is 0 Å².